The Morgan fingerprint density at radius 2 is 1.14 bits per heavy atom. The van der Waals surface area contributed by atoms with Gasteiger partial charge >= 0.3 is 0 Å². The Bertz CT molecular complexity index is 2180. The van der Waals surface area contributed by atoms with Crippen LogP contribution in [0.5, 0.6) is 0 Å². The standard InChI is InChI=1S/C50H66N8O7/c1-32(51-4)45(59)55-41(49(63)57-29-16-27-42(57)47(61)53-39-25-14-20-35-18-9-11-22-37(35)39)24-8-6-7-13-31-65-34(3)44(56-46(60)33(2)52-5)50(64)58-30-17-28-43(58)48(62)54-40-26-15-21-36-19-10-12-23-38(36)40/h9-12,18-19,22-23,32-34,39-44,51-52H,14-17,20-21,24-31H2,1-5H3,(H,53,61)(H,54,62)(H,55,59)(H,56,60)/t32-,33-,34+,39-,40?,41-,42-,43-,44-/m0/s1. The number of amides is 6. The molecule has 2 heterocycles. The molecule has 0 spiro atoms. The van der Waals surface area contributed by atoms with Crippen LogP contribution in [0.1, 0.15) is 113 Å². The van der Waals surface area contributed by atoms with Crippen molar-refractivity contribution in [1.82, 2.24) is 41.7 Å². The number of likely N-dealkylation sites (tertiary alicyclic amines) is 2. The number of hydrogen-bond acceptors (Lipinski definition) is 9. The summed E-state index contributed by atoms with van der Waals surface area (Å²) in [6, 6.07) is 11.4. The normalized spacial score (nSPS) is 22.2. The maximum atomic E-state index is 14.2. The smallest absolute Gasteiger partial charge is 0.248 e. The maximum Gasteiger partial charge on any atom is 0.248 e. The van der Waals surface area contributed by atoms with Crippen molar-refractivity contribution in [2.45, 2.75) is 146 Å². The average Bonchev–Trinajstić information content (AvgIpc) is 4.03. The van der Waals surface area contributed by atoms with Gasteiger partial charge < -0.3 is 46.4 Å². The fraction of sp³-hybridized carbons (Fsp3) is 0.560. The van der Waals surface area contributed by atoms with E-state index in [1.807, 2.05) is 36.4 Å². The number of hydrogen-bond donors (Lipinski definition) is 6. The van der Waals surface area contributed by atoms with Crippen molar-refractivity contribution in [3.05, 3.63) is 70.8 Å². The number of likely N-dealkylation sites (N-methyl/N-ethyl adjacent to an activating group) is 2. The molecule has 2 aromatic rings. The molecular weight excluding hydrogens is 825 g/mol. The second kappa shape index (κ2) is 23.4. The Morgan fingerprint density at radius 1 is 0.646 bits per heavy atom. The highest BCUT2D eigenvalue weighted by molar-refractivity contribution is 5.95. The Kier molecular flexibility index (Phi) is 17.6. The molecule has 9 atom stereocenters. The highest BCUT2D eigenvalue weighted by atomic mass is 16.5. The van der Waals surface area contributed by atoms with Crippen LogP contribution in [0.25, 0.3) is 0 Å². The molecule has 2 aromatic carbocycles. The molecule has 0 saturated carbocycles. The molecule has 0 aromatic heterocycles. The highest BCUT2D eigenvalue weighted by Gasteiger charge is 2.42. The van der Waals surface area contributed by atoms with Gasteiger partial charge in [0, 0.05) is 19.5 Å². The second-order valence-corrected chi connectivity index (χ2v) is 17.6. The van der Waals surface area contributed by atoms with Gasteiger partial charge in [-0.25, -0.2) is 0 Å². The lowest BCUT2D eigenvalue weighted by atomic mass is 9.87. The molecule has 6 amide bonds. The highest BCUT2D eigenvalue weighted by Crippen LogP contribution is 2.32. The summed E-state index contributed by atoms with van der Waals surface area (Å²) < 4.78 is 6.00. The topological polar surface area (TPSA) is 190 Å². The van der Waals surface area contributed by atoms with E-state index in [0.29, 0.717) is 38.8 Å². The molecule has 15 heteroatoms. The summed E-state index contributed by atoms with van der Waals surface area (Å²) in [5, 5.41) is 17.9. The summed E-state index contributed by atoms with van der Waals surface area (Å²) in [5.74, 6) is 9.25. The molecule has 2 saturated heterocycles. The number of nitrogens with zero attached hydrogens (tertiary/aromatic N) is 2. The Balaban J connectivity index is 1.08. The second-order valence-electron chi connectivity index (χ2n) is 17.6. The van der Waals surface area contributed by atoms with Gasteiger partial charge in [-0.1, -0.05) is 60.4 Å². The van der Waals surface area contributed by atoms with Crippen molar-refractivity contribution in [3.8, 4) is 23.7 Å². The molecule has 2 aliphatic carbocycles. The Hall–Kier alpha value is -5.74. The molecule has 15 nitrogen and oxygen atoms in total. The molecule has 6 N–H and O–H groups in total. The van der Waals surface area contributed by atoms with Crippen LogP contribution >= 0.6 is 0 Å². The third-order valence-electron chi connectivity index (χ3n) is 13.3. The summed E-state index contributed by atoms with van der Waals surface area (Å²) in [6.07, 6.45) is 6.97. The number of ether oxygens (including phenoxy) is 1. The first-order valence-corrected chi connectivity index (χ1v) is 23.3. The molecule has 0 bridgehead atoms. The molecule has 1 unspecified atom stereocenters. The minimum absolute atomic E-state index is 0.0438. The quantitative estimate of drug-likeness (QED) is 0.138. The van der Waals surface area contributed by atoms with Crippen LogP contribution in [-0.4, -0.2) is 121 Å². The SMILES string of the molecule is CN[C@@H](C)C(=O)N[C@@H](CC#CC#CCO[C@H](C)[C@H](NC(=O)[C@H](C)NC)C(=O)N1CCC[C@H]1C(=O)NC1CCCc2ccccc21)C(=O)N1CCC[C@H]1C(=O)N[C@H]1CCCc2ccccc21. The van der Waals surface area contributed by atoms with Crippen molar-refractivity contribution >= 4 is 35.4 Å². The Morgan fingerprint density at radius 3 is 1.68 bits per heavy atom. The van der Waals surface area contributed by atoms with Gasteiger partial charge in [0.2, 0.25) is 35.4 Å². The lowest BCUT2D eigenvalue weighted by Crippen LogP contribution is -2.59. The fourth-order valence-corrected chi connectivity index (χ4v) is 9.29. The van der Waals surface area contributed by atoms with Crippen LogP contribution in [0.2, 0.25) is 0 Å². The molecule has 2 fully saturated rings. The first-order chi connectivity index (χ1) is 31.4. The minimum Gasteiger partial charge on any atom is -0.363 e. The predicted octanol–water partition coefficient (Wildman–Crippen LogP) is 2.34. The van der Waals surface area contributed by atoms with Crippen LogP contribution in [0.3, 0.4) is 0 Å². The van der Waals surface area contributed by atoms with Gasteiger partial charge in [0.1, 0.15) is 30.8 Å². The molecule has 2 aliphatic heterocycles. The number of carbonyl (C=O) groups excluding carboxylic acids is 6. The predicted molar refractivity (Wildman–Crippen MR) is 246 cm³/mol. The van der Waals surface area contributed by atoms with Gasteiger partial charge in [0.15, 0.2) is 0 Å². The van der Waals surface area contributed by atoms with Gasteiger partial charge in [0.25, 0.3) is 0 Å². The number of benzene rings is 2. The van der Waals surface area contributed by atoms with E-state index >= 15 is 0 Å². The van der Waals surface area contributed by atoms with Crippen molar-refractivity contribution in [1.29, 1.82) is 0 Å². The van der Waals surface area contributed by atoms with Gasteiger partial charge in [-0.15, -0.1) is 0 Å². The number of aryl methyl sites for hydroxylation is 2. The van der Waals surface area contributed by atoms with E-state index in [1.54, 1.807) is 44.7 Å². The van der Waals surface area contributed by atoms with Crippen molar-refractivity contribution < 1.29 is 33.5 Å². The third-order valence-corrected chi connectivity index (χ3v) is 13.3. The monoisotopic (exact) mass is 891 g/mol. The van der Waals surface area contributed by atoms with Gasteiger partial charge in [-0.3, -0.25) is 28.8 Å². The molecule has 0 radical (unpaired) electrons. The number of carbonyl (C=O) groups is 6. The zero-order chi connectivity index (χ0) is 46.5. The van der Waals surface area contributed by atoms with E-state index in [1.165, 1.54) is 11.1 Å². The number of nitrogens with one attached hydrogen (secondary N) is 6. The van der Waals surface area contributed by atoms with Gasteiger partial charge in [-0.2, -0.15) is 0 Å². The van der Waals surface area contributed by atoms with Crippen LogP contribution in [0.4, 0.5) is 0 Å². The van der Waals surface area contributed by atoms with Gasteiger partial charge in [-0.05, 0) is 133 Å². The first kappa shape index (κ1) is 48.7. The first-order valence-electron chi connectivity index (χ1n) is 23.3. The molecule has 65 heavy (non-hydrogen) atoms. The van der Waals surface area contributed by atoms with Crippen LogP contribution in [0, 0.1) is 23.7 Å². The van der Waals surface area contributed by atoms with Crippen LogP contribution in [0.15, 0.2) is 48.5 Å². The van der Waals surface area contributed by atoms with Crippen molar-refractivity contribution in [2.75, 3.05) is 33.8 Å². The maximum absolute atomic E-state index is 14.2. The van der Waals surface area contributed by atoms with E-state index in [9.17, 15) is 28.8 Å². The number of rotatable bonds is 16. The van der Waals surface area contributed by atoms with E-state index in [0.717, 1.165) is 49.7 Å². The van der Waals surface area contributed by atoms with Crippen molar-refractivity contribution in [3.63, 3.8) is 0 Å². The van der Waals surface area contributed by atoms with Gasteiger partial charge in [0.05, 0.1) is 30.3 Å². The van der Waals surface area contributed by atoms with E-state index in [2.05, 4.69) is 67.7 Å². The molecular formula is C50H66N8O7. The third kappa shape index (κ3) is 12.3. The molecule has 6 rings (SSSR count). The van der Waals surface area contributed by atoms with Crippen molar-refractivity contribution in [2.24, 2.45) is 0 Å². The van der Waals surface area contributed by atoms with Crippen LogP contribution in [-0.2, 0) is 46.3 Å². The summed E-state index contributed by atoms with van der Waals surface area (Å²) in [6.45, 7) is 5.67. The number of fused-ring (bicyclic) bond motifs is 2. The lowest BCUT2D eigenvalue weighted by Gasteiger charge is -2.33. The molecule has 4 aliphatic rings. The average molecular weight is 891 g/mol. The van der Waals surface area contributed by atoms with E-state index in [-0.39, 0.29) is 48.7 Å². The summed E-state index contributed by atoms with van der Waals surface area (Å²) in [4.78, 5) is 85.1. The summed E-state index contributed by atoms with van der Waals surface area (Å²) in [7, 11) is 3.30. The largest absolute Gasteiger partial charge is 0.363 e. The summed E-state index contributed by atoms with van der Waals surface area (Å²) >= 11 is 0. The van der Waals surface area contributed by atoms with E-state index in [4.69, 9.17) is 4.74 Å². The fourth-order valence-electron chi connectivity index (χ4n) is 9.29. The lowest BCUT2D eigenvalue weighted by molar-refractivity contribution is -0.145. The summed E-state index contributed by atoms with van der Waals surface area (Å²) in [5.41, 5.74) is 4.68. The zero-order valence-electron chi connectivity index (χ0n) is 38.5. The van der Waals surface area contributed by atoms with E-state index < -0.39 is 54.2 Å². The molecule has 348 valence electrons. The minimum atomic E-state index is -1.10. The Labute approximate surface area is 383 Å². The van der Waals surface area contributed by atoms with Crippen LogP contribution < -0.4 is 31.9 Å². The zero-order valence-corrected chi connectivity index (χ0v) is 38.5.